The number of H-pyrrole nitrogens is 1. The van der Waals surface area contributed by atoms with Gasteiger partial charge in [-0.3, -0.25) is 4.57 Å². The van der Waals surface area contributed by atoms with Crippen LogP contribution in [0.3, 0.4) is 0 Å². The summed E-state index contributed by atoms with van der Waals surface area (Å²) in [5, 5.41) is 3.29. The van der Waals surface area contributed by atoms with Crippen LogP contribution in [0.2, 0.25) is 0 Å². The van der Waals surface area contributed by atoms with Crippen molar-refractivity contribution in [3.05, 3.63) is 72.6 Å². The molecule has 3 heterocycles. The molecule has 0 radical (unpaired) electrons. The van der Waals surface area contributed by atoms with Crippen molar-refractivity contribution >= 4 is 28.0 Å². The maximum atomic E-state index is 13.9. The Morgan fingerprint density at radius 2 is 1.90 bits per heavy atom. The lowest BCUT2D eigenvalue weighted by Crippen LogP contribution is -2.14. The minimum atomic E-state index is -0.391. The van der Waals surface area contributed by atoms with E-state index in [2.05, 4.69) is 30.2 Å². The summed E-state index contributed by atoms with van der Waals surface area (Å²) in [6.07, 6.45) is 2.96. The van der Waals surface area contributed by atoms with Crippen molar-refractivity contribution in [1.82, 2.24) is 29.5 Å². The zero-order valence-electron chi connectivity index (χ0n) is 15.3. The van der Waals surface area contributed by atoms with Gasteiger partial charge in [0.25, 0.3) is 0 Å². The van der Waals surface area contributed by atoms with E-state index in [-0.39, 0.29) is 11.9 Å². The van der Waals surface area contributed by atoms with E-state index >= 15 is 0 Å². The SMILES string of the molecule is C[C@@H](Nc1ncnc2nc[nH]c12)c1nc2ccc(F)cc2n1-c1cccc(F)c1. The van der Waals surface area contributed by atoms with Gasteiger partial charge in [0.1, 0.15) is 29.3 Å². The number of fused-ring (bicyclic) bond motifs is 2. The zero-order valence-corrected chi connectivity index (χ0v) is 15.3. The molecule has 0 aliphatic carbocycles. The Kier molecular flexibility index (Phi) is 3.94. The number of aromatic amines is 1. The quantitative estimate of drug-likeness (QED) is 0.481. The largest absolute Gasteiger partial charge is 0.358 e. The van der Waals surface area contributed by atoms with E-state index in [1.807, 2.05) is 6.92 Å². The van der Waals surface area contributed by atoms with Gasteiger partial charge in [0.15, 0.2) is 11.5 Å². The number of rotatable bonds is 4. The summed E-state index contributed by atoms with van der Waals surface area (Å²) in [4.78, 5) is 20.2. The van der Waals surface area contributed by atoms with Gasteiger partial charge in [-0.2, -0.15) is 0 Å². The summed E-state index contributed by atoms with van der Waals surface area (Å²) >= 11 is 0. The molecule has 0 saturated carbocycles. The Bertz CT molecular complexity index is 1340. The molecule has 0 saturated heterocycles. The molecule has 7 nitrogen and oxygen atoms in total. The van der Waals surface area contributed by atoms with Crippen LogP contribution in [-0.4, -0.2) is 29.5 Å². The zero-order chi connectivity index (χ0) is 20.0. The van der Waals surface area contributed by atoms with Crippen LogP contribution < -0.4 is 5.32 Å². The third-order valence-electron chi connectivity index (χ3n) is 4.67. The standard InChI is InChI=1S/C20H15F2N7/c1-11(27-19-17-18(24-9-23-17)25-10-26-19)20-28-15-6-5-13(22)8-16(15)29(20)14-4-2-3-12(21)7-14/h2-11H,1H3,(H2,23,24,25,26,27)/t11-/m1/s1. The van der Waals surface area contributed by atoms with Crippen LogP contribution in [0.1, 0.15) is 18.8 Å². The average Bonchev–Trinajstić information content (AvgIpc) is 3.33. The van der Waals surface area contributed by atoms with Crippen LogP contribution >= 0.6 is 0 Å². The first kappa shape index (κ1) is 17.2. The van der Waals surface area contributed by atoms with Crippen molar-refractivity contribution in [3.63, 3.8) is 0 Å². The molecule has 0 unspecified atom stereocenters. The van der Waals surface area contributed by atoms with Crippen LogP contribution in [0.15, 0.2) is 55.1 Å². The Balaban J connectivity index is 1.66. The summed E-state index contributed by atoms with van der Waals surface area (Å²) in [6.45, 7) is 1.90. The summed E-state index contributed by atoms with van der Waals surface area (Å²) in [5.41, 5.74) is 2.91. The number of halogens is 2. The number of aromatic nitrogens is 6. The fraction of sp³-hybridized carbons (Fsp3) is 0.100. The molecular formula is C20H15F2N7. The van der Waals surface area contributed by atoms with Crippen molar-refractivity contribution in [1.29, 1.82) is 0 Å². The molecule has 2 N–H and O–H groups in total. The normalized spacial score (nSPS) is 12.5. The summed E-state index contributed by atoms with van der Waals surface area (Å²) in [5.74, 6) is 0.367. The molecule has 0 aliphatic rings. The average molecular weight is 391 g/mol. The first-order valence-electron chi connectivity index (χ1n) is 8.94. The van der Waals surface area contributed by atoms with Gasteiger partial charge in [-0.1, -0.05) is 6.07 Å². The van der Waals surface area contributed by atoms with Crippen LogP contribution in [0, 0.1) is 11.6 Å². The molecule has 5 rings (SSSR count). The Labute approximate surface area is 163 Å². The van der Waals surface area contributed by atoms with E-state index in [1.165, 1.54) is 30.6 Å². The van der Waals surface area contributed by atoms with E-state index in [4.69, 9.17) is 0 Å². The predicted octanol–water partition coefficient (Wildman–Crippen LogP) is 4.14. The highest BCUT2D eigenvalue weighted by Crippen LogP contribution is 2.29. The van der Waals surface area contributed by atoms with Crippen molar-refractivity contribution in [2.24, 2.45) is 0 Å². The minimum Gasteiger partial charge on any atom is -0.358 e. The first-order chi connectivity index (χ1) is 14.1. The van der Waals surface area contributed by atoms with Gasteiger partial charge in [-0.15, -0.1) is 0 Å². The monoisotopic (exact) mass is 391 g/mol. The van der Waals surface area contributed by atoms with Crippen molar-refractivity contribution in [2.75, 3.05) is 5.32 Å². The minimum absolute atomic E-state index is 0.338. The Hall–Kier alpha value is -3.88. The van der Waals surface area contributed by atoms with Crippen molar-refractivity contribution in [3.8, 4) is 5.69 Å². The molecular weight excluding hydrogens is 376 g/mol. The number of benzene rings is 2. The van der Waals surface area contributed by atoms with Crippen molar-refractivity contribution < 1.29 is 8.78 Å². The Morgan fingerprint density at radius 3 is 2.76 bits per heavy atom. The third kappa shape index (κ3) is 2.96. The molecule has 144 valence electrons. The summed E-state index contributed by atoms with van der Waals surface area (Å²) < 4.78 is 29.6. The van der Waals surface area contributed by atoms with Crippen LogP contribution in [0.25, 0.3) is 27.9 Å². The van der Waals surface area contributed by atoms with Crippen LogP contribution in [-0.2, 0) is 0 Å². The smallest absolute Gasteiger partial charge is 0.182 e. The van der Waals surface area contributed by atoms with E-state index in [1.54, 1.807) is 29.1 Å². The van der Waals surface area contributed by atoms with Gasteiger partial charge in [-0.25, -0.2) is 28.7 Å². The Morgan fingerprint density at radius 1 is 1.03 bits per heavy atom. The van der Waals surface area contributed by atoms with E-state index in [0.717, 1.165) is 0 Å². The maximum absolute atomic E-state index is 13.9. The summed E-state index contributed by atoms with van der Waals surface area (Å²) in [7, 11) is 0. The van der Waals surface area contributed by atoms with Gasteiger partial charge >= 0.3 is 0 Å². The number of hydrogen-bond donors (Lipinski definition) is 2. The molecule has 0 aliphatic heterocycles. The predicted molar refractivity (Wildman–Crippen MR) is 105 cm³/mol. The van der Waals surface area contributed by atoms with E-state index in [9.17, 15) is 8.78 Å². The molecule has 0 amide bonds. The number of anilines is 1. The fourth-order valence-electron chi connectivity index (χ4n) is 3.39. The lowest BCUT2D eigenvalue weighted by atomic mass is 10.2. The van der Waals surface area contributed by atoms with Crippen LogP contribution in [0.5, 0.6) is 0 Å². The molecule has 2 aromatic carbocycles. The molecule has 9 heteroatoms. The highest BCUT2D eigenvalue weighted by molar-refractivity contribution is 5.82. The molecule has 0 spiro atoms. The number of imidazole rings is 2. The number of nitrogens with one attached hydrogen (secondary N) is 2. The number of hydrogen-bond acceptors (Lipinski definition) is 5. The van der Waals surface area contributed by atoms with Gasteiger partial charge in [0.2, 0.25) is 0 Å². The molecule has 3 aromatic heterocycles. The molecule has 5 aromatic rings. The molecule has 0 bridgehead atoms. The molecule has 0 fully saturated rings. The second-order valence-electron chi connectivity index (χ2n) is 6.61. The lowest BCUT2D eigenvalue weighted by molar-refractivity contribution is 0.625. The van der Waals surface area contributed by atoms with Gasteiger partial charge < -0.3 is 10.3 Å². The highest BCUT2D eigenvalue weighted by Gasteiger charge is 2.20. The van der Waals surface area contributed by atoms with Gasteiger partial charge in [-0.05, 0) is 37.3 Å². The fourth-order valence-corrected chi connectivity index (χ4v) is 3.39. The van der Waals surface area contributed by atoms with Crippen LogP contribution in [0.4, 0.5) is 14.6 Å². The highest BCUT2D eigenvalue weighted by atomic mass is 19.1. The summed E-state index contributed by atoms with van der Waals surface area (Å²) in [6, 6.07) is 10.1. The maximum Gasteiger partial charge on any atom is 0.182 e. The third-order valence-corrected chi connectivity index (χ3v) is 4.67. The lowest BCUT2D eigenvalue weighted by Gasteiger charge is -2.17. The number of nitrogens with zero attached hydrogens (tertiary/aromatic N) is 5. The first-order valence-corrected chi connectivity index (χ1v) is 8.94. The van der Waals surface area contributed by atoms with E-state index in [0.29, 0.717) is 39.5 Å². The van der Waals surface area contributed by atoms with Gasteiger partial charge in [0, 0.05) is 6.07 Å². The van der Waals surface area contributed by atoms with Gasteiger partial charge in [0.05, 0.1) is 29.1 Å². The second kappa shape index (κ2) is 6.62. The van der Waals surface area contributed by atoms with E-state index < -0.39 is 5.82 Å². The molecule has 29 heavy (non-hydrogen) atoms. The molecule has 1 atom stereocenters. The van der Waals surface area contributed by atoms with Crippen molar-refractivity contribution in [2.45, 2.75) is 13.0 Å². The topological polar surface area (TPSA) is 84.3 Å². The second-order valence-corrected chi connectivity index (χ2v) is 6.61.